The molecule has 1 N–H and O–H groups in total. The number of likely N-dealkylation sites (N-methyl/N-ethyl adjacent to an activating group) is 1. The first-order valence-corrected chi connectivity index (χ1v) is 7.88. The summed E-state index contributed by atoms with van der Waals surface area (Å²) in [4.78, 5) is 0. The van der Waals surface area contributed by atoms with E-state index in [0.717, 1.165) is 32.6 Å². The molecule has 0 spiro atoms. The van der Waals surface area contributed by atoms with Gasteiger partial charge >= 0.3 is 0 Å². The van der Waals surface area contributed by atoms with Crippen molar-refractivity contribution >= 4 is 0 Å². The summed E-state index contributed by atoms with van der Waals surface area (Å²) in [6.45, 7) is 7.21. The maximum atomic E-state index is 5.64. The van der Waals surface area contributed by atoms with Crippen molar-refractivity contribution in [2.45, 2.75) is 71.3 Å². The second-order valence-corrected chi connectivity index (χ2v) is 5.24. The van der Waals surface area contributed by atoms with E-state index >= 15 is 0 Å². The topological polar surface area (TPSA) is 21.3 Å². The molecule has 1 rings (SSSR count). The average Bonchev–Trinajstić information content (AvgIpc) is 2.33. The van der Waals surface area contributed by atoms with Crippen molar-refractivity contribution in [2.75, 3.05) is 19.8 Å². The normalized spacial score (nSPS) is 18.9. The first-order chi connectivity index (χ1) is 8.88. The molecular formula is C16H31NO. The van der Waals surface area contributed by atoms with Crippen LogP contribution in [0.5, 0.6) is 0 Å². The second kappa shape index (κ2) is 10.6. The zero-order valence-electron chi connectivity index (χ0n) is 12.3. The summed E-state index contributed by atoms with van der Waals surface area (Å²) in [6.07, 6.45) is 12.8. The lowest BCUT2D eigenvalue weighted by molar-refractivity contribution is 0.127. The van der Waals surface area contributed by atoms with Crippen LogP contribution in [0.2, 0.25) is 0 Å². The van der Waals surface area contributed by atoms with Gasteiger partial charge in [-0.1, -0.05) is 38.3 Å². The number of nitrogens with one attached hydrogen (secondary N) is 1. The summed E-state index contributed by atoms with van der Waals surface area (Å²) in [5, 5.41) is 3.63. The average molecular weight is 253 g/mol. The van der Waals surface area contributed by atoms with Crippen LogP contribution in [0.15, 0.2) is 11.6 Å². The number of hydrogen-bond acceptors (Lipinski definition) is 2. The molecule has 0 radical (unpaired) electrons. The van der Waals surface area contributed by atoms with Gasteiger partial charge in [0.2, 0.25) is 0 Å². The Bertz CT molecular complexity index is 225. The van der Waals surface area contributed by atoms with Crippen LogP contribution in [-0.4, -0.2) is 25.8 Å². The Morgan fingerprint density at radius 2 is 2.00 bits per heavy atom. The van der Waals surface area contributed by atoms with Crippen LogP contribution < -0.4 is 5.32 Å². The highest BCUT2D eigenvalue weighted by Gasteiger charge is 2.13. The molecule has 0 saturated heterocycles. The van der Waals surface area contributed by atoms with Crippen molar-refractivity contribution in [1.29, 1.82) is 0 Å². The van der Waals surface area contributed by atoms with Gasteiger partial charge in [0.25, 0.3) is 0 Å². The smallest absolute Gasteiger partial charge is 0.0484 e. The third-order valence-electron chi connectivity index (χ3n) is 3.62. The number of hydrogen-bond donors (Lipinski definition) is 1. The molecule has 1 atom stereocenters. The van der Waals surface area contributed by atoms with Crippen molar-refractivity contribution in [3.8, 4) is 0 Å². The van der Waals surface area contributed by atoms with Gasteiger partial charge in [-0.15, -0.1) is 0 Å². The molecule has 1 unspecified atom stereocenters. The molecule has 0 bridgehead atoms. The van der Waals surface area contributed by atoms with E-state index in [0.29, 0.717) is 6.04 Å². The van der Waals surface area contributed by atoms with Crippen molar-refractivity contribution < 1.29 is 4.74 Å². The van der Waals surface area contributed by atoms with Gasteiger partial charge in [-0.2, -0.15) is 0 Å². The van der Waals surface area contributed by atoms with Crippen LogP contribution in [0.4, 0.5) is 0 Å². The highest BCUT2D eigenvalue weighted by Crippen LogP contribution is 2.21. The number of allylic oxidation sites excluding steroid dienone is 1. The van der Waals surface area contributed by atoms with E-state index in [9.17, 15) is 0 Å². The van der Waals surface area contributed by atoms with Crippen LogP contribution in [-0.2, 0) is 4.74 Å². The van der Waals surface area contributed by atoms with Crippen molar-refractivity contribution in [3.05, 3.63) is 11.6 Å². The quantitative estimate of drug-likeness (QED) is 0.520. The fourth-order valence-electron chi connectivity index (χ4n) is 2.65. The Morgan fingerprint density at radius 1 is 1.17 bits per heavy atom. The lowest BCUT2D eigenvalue weighted by Gasteiger charge is -2.23. The largest absolute Gasteiger partial charge is 0.381 e. The molecule has 2 nitrogen and oxygen atoms in total. The van der Waals surface area contributed by atoms with Gasteiger partial charge in [-0.05, 0) is 45.1 Å². The summed E-state index contributed by atoms with van der Waals surface area (Å²) >= 11 is 0. The third-order valence-corrected chi connectivity index (χ3v) is 3.62. The molecule has 0 aliphatic heterocycles. The summed E-state index contributed by atoms with van der Waals surface area (Å²) in [7, 11) is 0. The van der Waals surface area contributed by atoms with E-state index in [4.69, 9.17) is 4.74 Å². The molecule has 1 aliphatic carbocycles. The Balaban J connectivity index is 2.41. The van der Waals surface area contributed by atoms with E-state index in [-0.39, 0.29) is 0 Å². The van der Waals surface area contributed by atoms with E-state index < -0.39 is 0 Å². The molecule has 106 valence electrons. The Kier molecular flexibility index (Phi) is 9.23. The number of rotatable bonds is 8. The molecule has 0 amide bonds. The molecular weight excluding hydrogens is 222 g/mol. The van der Waals surface area contributed by atoms with Crippen LogP contribution in [0.3, 0.4) is 0 Å². The number of ether oxygens (including phenoxy) is 1. The minimum atomic E-state index is 0.546. The molecule has 0 aromatic rings. The molecule has 2 heteroatoms. The predicted molar refractivity (Wildman–Crippen MR) is 79.0 cm³/mol. The summed E-state index contributed by atoms with van der Waals surface area (Å²) in [6, 6.07) is 0.546. The standard InChI is InChI=1S/C16H31NO/c1-3-13-18-14-12-16(17-4-2)15-10-8-6-5-7-9-11-15/h10,16-17H,3-9,11-14H2,1-2H3. The second-order valence-electron chi connectivity index (χ2n) is 5.24. The fourth-order valence-corrected chi connectivity index (χ4v) is 2.65. The maximum Gasteiger partial charge on any atom is 0.0484 e. The minimum absolute atomic E-state index is 0.546. The monoisotopic (exact) mass is 253 g/mol. The molecule has 0 saturated carbocycles. The first-order valence-electron chi connectivity index (χ1n) is 7.88. The Labute approximate surface area is 113 Å². The predicted octanol–water partition coefficient (Wildman–Crippen LogP) is 4.06. The summed E-state index contributed by atoms with van der Waals surface area (Å²) in [5.41, 5.74) is 1.64. The zero-order valence-corrected chi connectivity index (χ0v) is 12.3. The highest BCUT2D eigenvalue weighted by atomic mass is 16.5. The molecule has 0 aromatic heterocycles. The van der Waals surface area contributed by atoms with E-state index in [1.807, 2.05) is 0 Å². The molecule has 0 aromatic carbocycles. The van der Waals surface area contributed by atoms with E-state index in [1.54, 1.807) is 5.57 Å². The molecule has 1 aliphatic rings. The zero-order chi connectivity index (χ0) is 13.1. The molecule has 0 heterocycles. The Morgan fingerprint density at radius 3 is 2.78 bits per heavy atom. The lowest BCUT2D eigenvalue weighted by atomic mass is 9.93. The van der Waals surface area contributed by atoms with Crippen LogP contribution in [0.25, 0.3) is 0 Å². The minimum Gasteiger partial charge on any atom is -0.381 e. The molecule has 18 heavy (non-hydrogen) atoms. The van der Waals surface area contributed by atoms with Crippen LogP contribution in [0, 0.1) is 0 Å². The highest BCUT2D eigenvalue weighted by molar-refractivity contribution is 5.11. The lowest BCUT2D eigenvalue weighted by Crippen LogP contribution is -2.32. The maximum absolute atomic E-state index is 5.64. The van der Waals surface area contributed by atoms with Gasteiger partial charge in [0.05, 0.1) is 0 Å². The van der Waals surface area contributed by atoms with Gasteiger partial charge in [0.15, 0.2) is 0 Å². The van der Waals surface area contributed by atoms with E-state index in [2.05, 4.69) is 25.2 Å². The third kappa shape index (κ3) is 6.55. The van der Waals surface area contributed by atoms with Gasteiger partial charge in [0.1, 0.15) is 0 Å². The van der Waals surface area contributed by atoms with Gasteiger partial charge in [-0.25, -0.2) is 0 Å². The van der Waals surface area contributed by atoms with Crippen molar-refractivity contribution in [2.24, 2.45) is 0 Å². The SMILES string of the molecule is CCCOCCC(NCC)C1=CCCCCCC1. The Hall–Kier alpha value is -0.340. The summed E-state index contributed by atoms with van der Waals surface area (Å²) < 4.78 is 5.64. The van der Waals surface area contributed by atoms with Crippen molar-refractivity contribution in [1.82, 2.24) is 5.32 Å². The van der Waals surface area contributed by atoms with Crippen molar-refractivity contribution in [3.63, 3.8) is 0 Å². The van der Waals surface area contributed by atoms with Gasteiger partial charge in [0, 0.05) is 19.3 Å². The van der Waals surface area contributed by atoms with Gasteiger partial charge in [-0.3, -0.25) is 0 Å². The van der Waals surface area contributed by atoms with Crippen LogP contribution in [0.1, 0.15) is 65.2 Å². The fraction of sp³-hybridized carbons (Fsp3) is 0.875. The first kappa shape index (κ1) is 15.7. The van der Waals surface area contributed by atoms with E-state index in [1.165, 1.54) is 38.5 Å². The molecule has 0 fully saturated rings. The van der Waals surface area contributed by atoms with Crippen LogP contribution >= 0.6 is 0 Å². The van der Waals surface area contributed by atoms with Gasteiger partial charge < -0.3 is 10.1 Å². The summed E-state index contributed by atoms with van der Waals surface area (Å²) in [5.74, 6) is 0.